The molecule has 0 saturated carbocycles. The number of likely N-dealkylation sites (N-methyl/N-ethyl adjacent to an activating group) is 1. The SMILES string of the molecule is CC(C)C[C@H](CNC(=O)N(C)C1CCOC1C)CC(=O)O. The van der Waals surface area contributed by atoms with Crippen LogP contribution < -0.4 is 5.32 Å². The maximum atomic E-state index is 12.2. The van der Waals surface area contributed by atoms with Crippen molar-refractivity contribution in [1.82, 2.24) is 10.2 Å². The Morgan fingerprint density at radius 2 is 2.10 bits per heavy atom. The molecular formula is C15H28N2O4. The second-order valence-corrected chi connectivity index (χ2v) is 6.32. The van der Waals surface area contributed by atoms with Crippen LogP contribution in [0.15, 0.2) is 0 Å². The third-order valence-electron chi connectivity index (χ3n) is 3.96. The predicted molar refractivity (Wildman–Crippen MR) is 80.2 cm³/mol. The number of hydrogen-bond acceptors (Lipinski definition) is 3. The van der Waals surface area contributed by atoms with Gasteiger partial charge in [0.15, 0.2) is 0 Å². The van der Waals surface area contributed by atoms with E-state index in [4.69, 9.17) is 9.84 Å². The molecule has 0 aromatic carbocycles. The molecule has 0 aromatic heterocycles. The van der Waals surface area contributed by atoms with E-state index in [1.807, 2.05) is 6.92 Å². The summed E-state index contributed by atoms with van der Waals surface area (Å²) in [4.78, 5) is 24.7. The Morgan fingerprint density at radius 1 is 1.43 bits per heavy atom. The quantitative estimate of drug-likeness (QED) is 0.753. The van der Waals surface area contributed by atoms with E-state index in [0.717, 1.165) is 12.8 Å². The van der Waals surface area contributed by atoms with Crippen molar-refractivity contribution in [1.29, 1.82) is 0 Å². The molecule has 1 aliphatic rings. The molecule has 2 unspecified atom stereocenters. The van der Waals surface area contributed by atoms with Crippen LogP contribution in [0.25, 0.3) is 0 Å². The number of nitrogens with one attached hydrogen (secondary N) is 1. The first-order valence-corrected chi connectivity index (χ1v) is 7.65. The van der Waals surface area contributed by atoms with Crippen LogP contribution in [0.4, 0.5) is 4.79 Å². The summed E-state index contributed by atoms with van der Waals surface area (Å²) in [5.74, 6) is -0.439. The van der Waals surface area contributed by atoms with E-state index in [-0.39, 0.29) is 30.5 Å². The molecule has 2 amide bonds. The van der Waals surface area contributed by atoms with Gasteiger partial charge in [-0.1, -0.05) is 13.8 Å². The highest BCUT2D eigenvalue weighted by atomic mass is 16.5. The van der Waals surface area contributed by atoms with Crippen molar-refractivity contribution in [3.05, 3.63) is 0 Å². The Kier molecular flexibility index (Phi) is 6.95. The molecular weight excluding hydrogens is 272 g/mol. The molecule has 0 aliphatic carbocycles. The predicted octanol–water partition coefficient (Wildman–Crippen LogP) is 1.94. The molecule has 6 nitrogen and oxygen atoms in total. The van der Waals surface area contributed by atoms with Crippen LogP contribution >= 0.6 is 0 Å². The van der Waals surface area contributed by atoms with Crippen LogP contribution in [-0.4, -0.2) is 54.4 Å². The third kappa shape index (κ3) is 5.91. The lowest BCUT2D eigenvalue weighted by Crippen LogP contribution is -2.47. The van der Waals surface area contributed by atoms with Crippen molar-refractivity contribution >= 4 is 12.0 Å². The molecule has 0 radical (unpaired) electrons. The number of carboxylic acids is 1. The molecule has 1 saturated heterocycles. The number of carboxylic acid groups (broad SMARTS) is 1. The maximum Gasteiger partial charge on any atom is 0.317 e. The fourth-order valence-electron chi connectivity index (χ4n) is 2.89. The topological polar surface area (TPSA) is 78.9 Å². The van der Waals surface area contributed by atoms with Gasteiger partial charge < -0.3 is 20.1 Å². The van der Waals surface area contributed by atoms with Crippen molar-refractivity contribution in [2.45, 2.75) is 52.2 Å². The summed E-state index contributed by atoms with van der Waals surface area (Å²) < 4.78 is 5.47. The average molecular weight is 300 g/mol. The molecule has 1 fully saturated rings. The van der Waals surface area contributed by atoms with Gasteiger partial charge in [0.2, 0.25) is 0 Å². The fourth-order valence-corrected chi connectivity index (χ4v) is 2.89. The van der Waals surface area contributed by atoms with Gasteiger partial charge in [-0.25, -0.2) is 4.79 Å². The lowest BCUT2D eigenvalue weighted by atomic mass is 9.94. The van der Waals surface area contributed by atoms with E-state index >= 15 is 0 Å². The first-order chi connectivity index (χ1) is 9.81. The summed E-state index contributed by atoms with van der Waals surface area (Å²) in [7, 11) is 1.76. The molecule has 122 valence electrons. The van der Waals surface area contributed by atoms with Gasteiger partial charge in [-0.3, -0.25) is 4.79 Å². The number of nitrogens with zero attached hydrogens (tertiary/aromatic N) is 1. The minimum absolute atomic E-state index is 0.0305. The Morgan fingerprint density at radius 3 is 2.57 bits per heavy atom. The highest BCUT2D eigenvalue weighted by Crippen LogP contribution is 2.19. The Balaban J connectivity index is 2.46. The van der Waals surface area contributed by atoms with Crippen molar-refractivity contribution in [2.75, 3.05) is 20.2 Å². The van der Waals surface area contributed by atoms with Gasteiger partial charge >= 0.3 is 12.0 Å². The summed E-state index contributed by atoms with van der Waals surface area (Å²) in [6.07, 6.45) is 1.77. The molecule has 0 bridgehead atoms. The standard InChI is InChI=1S/C15H28N2O4/c1-10(2)7-12(8-14(18)19)9-16-15(20)17(4)13-5-6-21-11(13)3/h10-13H,5-9H2,1-4H3,(H,16,20)(H,18,19)/t11?,12-,13?/m0/s1. The molecule has 1 rings (SSSR count). The number of hydrogen-bond donors (Lipinski definition) is 2. The van der Waals surface area contributed by atoms with Crippen molar-refractivity contribution in [3.63, 3.8) is 0 Å². The number of amides is 2. The molecule has 1 heterocycles. The Labute approximate surface area is 126 Å². The minimum atomic E-state index is -0.818. The van der Waals surface area contributed by atoms with Crippen molar-refractivity contribution in [3.8, 4) is 0 Å². The molecule has 21 heavy (non-hydrogen) atoms. The van der Waals surface area contributed by atoms with E-state index in [1.54, 1.807) is 11.9 Å². The molecule has 6 heteroatoms. The van der Waals surface area contributed by atoms with Gasteiger partial charge in [0, 0.05) is 26.6 Å². The van der Waals surface area contributed by atoms with E-state index in [0.29, 0.717) is 19.1 Å². The fraction of sp³-hybridized carbons (Fsp3) is 0.867. The lowest BCUT2D eigenvalue weighted by molar-refractivity contribution is -0.138. The largest absolute Gasteiger partial charge is 0.481 e. The van der Waals surface area contributed by atoms with Gasteiger partial charge in [-0.05, 0) is 31.6 Å². The van der Waals surface area contributed by atoms with Gasteiger partial charge in [0.05, 0.1) is 12.1 Å². The maximum absolute atomic E-state index is 12.2. The molecule has 1 aliphatic heterocycles. The van der Waals surface area contributed by atoms with Crippen LogP contribution in [0, 0.1) is 11.8 Å². The van der Waals surface area contributed by atoms with E-state index in [2.05, 4.69) is 19.2 Å². The number of urea groups is 1. The molecule has 2 N–H and O–H groups in total. The van der Waals surface area contributed by atoms with Crippen molar-refractivity contribution < 1.29 is 19.4 Å². The smallest absolute Gasteiger partial charge is 0.317 e. The highest BCUT2D eigenvalue weighted by Gasteiger charge is 2.30. The van der Waals surface area contributed by atoms with Gasteiger partial charge in [-0.15, -0.1) is 0 Å². The normalized spacial score (nSPS) is 23.1. The zero-order chi connectivity index (χ0) is 16.0. The first-order valence-electron chi connectivity index (χ1n) is 7.65. The molecule has 0 spiro atoms. The Hall–Kier alpha value is -1.30. The molecule has 0 aromatic rings. The van der Waals surface area contributed by atoms with Crippen LogP contribution in [0.5, 0.6) is 0 Å². The second kappa shape index (κ2) is 8.22. The number of ether oxygens (including phenoxy) is 1. The van der Waals surface area contributed by atoms with Gasteiger partial charge in [-0.2, -0.15) is 0 Å². The number of carbonyl (C=O) groups is 2. The lowest BCUT2D eigenvalue weighted by Gasteiger charge is -2.28. The zero-order valence-corrected chi connectivity index (χ0v) is 13.5. The van der Waals surface area contributed by atoms with Crippen LogP contribution in [-0.2, 0) is 9.53 Å². The first kappa shape index (κ1) is 17.8. The second-order valence-electron chi connectivity index (χ2n) is 6.32. The van der Waals surface area contributed by atoms with Crippen LogP contribution in [0.3, 0.4) is 0 Å². The van der Waals surface area contributed by atoms with Crippen molar-refractivity contribution in [2.24, 2.45) is 11.8 Å². The summed E-state index contributed by atoms with van der Waals surface area (Å²) in [6.45, 7) is 7.15. The number of carbonyl (C=O) groups excluding carboxylic acids is 1. The zero-order valence-electron chi connectivity index (χ0n) is 13.5. The number of rotatable bonds is 7. The highest BCUT2D eigenvalue weighted by molar-refractivity contribution is 5.74. The summed E-state index contributed by atoms with van der Waals surface area (Å²) in [6, 6.07) is -0.0653. The number of aliphatic carboxylic acids is 1. The van der Waals surface area contributed by atoms with Crippen LogP contribution in [0.1, 0.15) is 40.0 Å². The van der Waals surface area contributed by atoms with Gasteiger partial charge in [0.25, 0.3) is 0 Å². The van der Waals surface area contributed by atoms with E-state index < -0.39 is 5.97 Å². The van der Waals surface area contributed by atoms with Gasteiger partial charge in [0.1, 0.15) is 0 Å². The summed E-state index contributed by atoms with van der Waals surface area (Å²) >= 11 is 0. The third-order valence-corrected chi connectivity index (χ3v) is 3.96. The minimum Gasteiger partial charge on any atom is -0.481 e. The average Bonchev–Trinajstić information content (AvgIpc) is 2.79. The Bertz CT molecular complexity index is 360. The monoisotopic (exact) mass is 300 g/mol. The summed E-state index contributed by atoms with van der Waals surface area (Å²) in [5.41, 5.74) is 0. The van der Waals surface area contributed by atoms with E-state index in [1.165, 1.54) is 0 Å². The molecule has 3 atom stereocenters. The summed E-state index contributed by atoms with van der Waals surface area (Å²) in [5, 5.41) is 11.8. The van der Waals surface area contributed by atoms with Crippen LogP contribution in [0.2, 0.25) is 0 Å². The van der Waals surface area contributed by atoms with E-state index in [9.17, 15) is 9.59 Å².